The molecule has 132 valence electrons. The summed E-state index contributed by atoms with van der Waals surface area (Å²) in [5, 5.41) is 3.14. The van der Waals surface area contributed by atoms with Gasteiger partial charge in [0.15, 0.2) is 0 Å². The third-order valence-electron chi connectivity index (χ3n) is 5.28. The van der Waals surface area contributed by atoms with Gasteiger partial charge in [0.1, 0.15) is 13.8 Å². The van der Waals surface area contributed by atoms with Gasteiger partial charge in [0.05, 0.1) is 7.11 Å². The number of para-hydroxylation sites is 1. The number of unbranched alkanes of at least 4 members (excludes halogenated alkanes) is 1. The van der Waals surface area contributed by atoms with E-state index in [1.165, 1.54) is 30.0 Å². The quantitative estimate of drug-likeness (QED) is 0.585. The summed E-state index contributed by atoms with van der Waals surface area (Å²) in [6.45, 7) is 14.1. The highest BCUT2D eigenvalue weighted by Gasteiger charge is 2.35. The van der Waals surface area contributed by atoms with E-state index in [1.807, 2.05) is 7.11 Å². The van der Waals surface area contributed by atoms with E-state index in [9.17, 15) is 0 Å². The molecule has 0 bridgehead atoms. The molecule has 1 aliphatic rings. The highest BCUT2D eigenvalue weighted by molar-refractivity contribution is 6.96. The number of ether oxygens (including phenoxy) is 1. The van der Waals surface area contributed by atoms with Gasteiger partial charge in [-0.3, -0.25) is 0 Å². The van der Waals surface area contributed by atoms with Gasteiger partial charge in [-0.2, -0.15) is 0 Å². The predicted octanol–water partition coefficient (Wildman–Crippen LogP) is 5.89. The Morgan fingerprint density at radius 1 is 1.17 bits per heavy atom. The maximum absolute atomic E-state index is 5.96. The SMILES string of the molecule is CCCCC1=C([Si](C)(C)c2cccc(C(C)(C)C)c2OC)CC=C1. The normalized spacial score (nSPS) is 15.3. The van der Waals surface area contributed by atoms with Crippen LogP contribution in [0.3, 0.4) is 0 Å². The van der Waals surface area contributed by atoms with Gasteiger partial charge in [-0.05, 0) is 35.4 Å². The van der Waals surface area contributed by atoms with E-state index in [0.717, 1.165) is 12.2 Å². The van der Waals surface area contributed by atoms with Crippen molar-refractivity contribution in [2.24, 2.45) is 0 Å². The van der Waals surface area contributed by atoms with Gasteiger partial charge in [0.25, 0.3) is 0 Å². The fraction of sp³-hybridized carbons (Fsp3) is 0.545. The molecule has 2 heteroatoms. The average molecular weight is 343 g/mol. The van der Waals surface area contributed by atoms with E-state index in [2.05, 4.69) is 71.1 Å². The van der Waals surface area contributed by atoms with Crippen molar-refractivity contribution in [2.75, 3.05) is 7.11 Å². The first kappa shape index (κ1) is 19.0. The van der Waals surface area contributed by atoms with Crippen LogP contribution < -0.4 is 9.92 Å². The Labute approximate surface area is 149 Å². The molecule has 0 unspecified atom stereocenters. The number of hydrogen-bond donors (Lipinski definition) is 0. The number of methoxy groups -OCH3 is 1. The lowest BCUT2D eigenvalue weighted by Crippen LogP contribution is -2.45. The van der Waals surface area contributed by atoms with E-state index in [0.29, 0.717) is 0 Å². The Balaban J connectivity index is 2.54. The third kappa shape index (κ3) is 3.69. The second-order valence-corrected chi connectivity index (χ2v) is 12.9. The van der Waals surface area contributed by atoms with Crippen LogP contribution in [0.5, 0.6) is 5.75 Å². The van der Waals surface area contributed by atoms with Crippen LogP contribution in [-0.2, 0) is 5.41 Å². The van der Waals surface area contributed by atoms with Crippen LogP contribution in [0.15, 0.2) is 41.1 Å². The molecule has 2 rings (SSSR count). The number of rotatable bonds is 6. The molecule has 0 fully saturated rings. The van der Waals surface area contributed by atoms with E-state index in [1.54, 1.807) is 10.8 Å². The molecule has 1 aromatic carbocycles. The molecule has 1 aliphatic carbocycles. The van der Waals surface area contributed by atoms with Crippen LogP contribution in [0.25, 0.3) is 0 Å². The van der Waals surface area contributed by atoms with Crippen LogP contribution in [0.1, 0.15) is 58.9 Å². The lowest BCUT2D eigenvalue weighted by atomic mass is 9.86. The summed E-state index contributed by atoms with van der Waals surface area (Å²) in [4.78, 5) is 0. The Morgan fingerprint density at radius 3 is 2.46 bits per heavy atom. The predicted molar refractivity (Wildman–Crippen MR) is 109 cm³/mol. The fourth-order valence-electron chi connectivity index (χ4n) is 3.81. The van der Waals surface area contributed by atoms with Crippen LogP contribution in [0.4, 0.5) is 0 Å². The maximum atomic E-state index is 5.96. The summed E-state index contributed by atoms with van der Waals surface area (Å²) >= 11 is 0. The minimum Gasteiger partial charge on any atom is -0.497 e. The lowest BCUT2D eigenvalue weighted by molar-refractivity contribution is 0.400. The second kappa shape index (κ2) is 7.31. The molecule has 1 aromatic rings. The van der Waals surface area contributed by atoms with Crippen LogP contribution in [0, 0.1) is 0 Å². The Hall–Kier alpha value is -1.28. The van der Waals surface area contributed by atoms with Crippen molar-refractivity contribution in [1.29, 1.82) is 0 Å². The van der Waals surface area contributed by atoms with Crippen molar-refractivity contribution in [1.82, 2.24) is 0 Å². The van der Waals surface area contributed by atoms with Gasteiger partial charge >= 0.3 is 0 Å². The molecule has 0 amide bonds. The highest BCUT2D eigenvalue weighted by Crippen LogP contribution is 2.36. The first-order chi connectivity index (χ1) is 11.2. The largest absolute Gasteiger partial charge is 0.497 e. The monoisotopic (exact) mass is 342 g/mol. The molecule has 0 heterocycles. The van der Waals surface area contributed by atoms with Gasteiger partial charge in [-0.25, -0.2) is 0 Å². The molecule has 0 spiro atoms. The molecule has 0 aromatic heterocycles. The smallest absolute Gasteiger partial charge is 0.122 e. The Kier molecular flexibility index (Phi) is 5.80. The van der Waals surface area contributed by atoms with E-state index >= 15 is 0 Å². The third-order valence-corrected chi connectivity index (χ3v) is 9.06. The van der Waals surface area contributed by atoms with Gasteiger partial charge in [-0.15, -0.1) is 0 Å². The van der Waals surface area contributed by atoms with Gasteiger partial charge in [0, 0.05) is 0 Å². The lowest BCUT2D eigenvalue weighted by Gasteiger charge is -2.32. The first-order valence-electron chi connectivity index (χ1n) is 9.30. The van der Waals surface area contributed by atoms with E-state index < -0.39 is 8.07 Å². The van der Waals surface area contributed by atoms with Crippen molar-refractivity contribution in [3.8, 4) is 5.75 Å². The summed E-state index contributed by atoms with van der Waals surface area (Å²) < 4.78 is 5.96. The second-order valence-electron chi connectivity index (χ2n) is 8.48. The zero-order valence-electron chi connectivity index (χ0n) is 16.6. The minimum absolute atomic E-state index is 0.0964. The molecule has 1 nitrogen and oxygen atoms in total. The van der Waals surface area contributed by atoms with Gasteiger partial charge in [0.2, 0.25) is 0 Å². The maximum Gasteiger partial charge on any atom is 0.122 e. The summed E-state index contributed by atoms with van der Waals surface area (Å²) in [7, 11) is 0.0882. The summed E-state index contributed by atoms with van der Waals surface area (Å²) in [5.74, 6) is 1.12. The molecule has 0 saturated heterocycles. The number of allylic oxidation sites excluding steroid dienone is 4. The first-order valence-corrected chi connectivity index (χ1v) is 12.3. The minimum atomic E-state index is -1.74. The number of hydrogen-bond acceptors (Lipinski definition) is 1. The molecular formula is C22H34OSi. The summed E-state index contributed by atoms with van der Waals surface area (Å²) in [6, 6.07) is 6.76. The standard InChI is InChI=1S/C22H34OSi/c1-8-9-12-17-13-10-15-19(17)24(6,7)20-16-11-14-18(21(20)23-5)22(2,3)4/h10-11,13-14,16H,8-9,12,15H2,1-7H3. The topological polar surface area (TPSA) is 9.23 Å². The van der Waals surface area contributed by atoms with Crippen LogP contribution >= 0.6 is 0 Å². The van der Waals surface area contributed by atoms with Crippen molar-refractivity contribution in [3.63, 3.8) is 0 Å². The average Bonchev–Trinajstić information content (AvgIpc) is 3.00. The Bertz CT molecular complexity index is 644. The van der Waals surface area contributed by atoms with E-state index in [4.69, 9.17) is 4.74 Å². The zero-order chi connectivity index (χ0) is 18.0. The summed E-state index contributed by atoms with van der Waals surface area (Å²) in [5.41, 5.74) is 3.01. The molecule has 0 atom stereocenters. The van der Waals surface area contributed by atoms with E-state index in [-0.39, 0.29) is 5.41 Å². The zero-order valence-corrected chi connectivity index (χ0v) is 17.6. The fourth-order valence-corrected chi connectivity index (χ4v) is 7.09. The molecule has 0 radical (unpaired) electrons. The van der Waals surface area contributed by atoms with Crippen molar-refractivity contribution in [3.05, 3.63) is 46.7 Å². The number of benzene rings is 1. The molecule has 0 aliphatic heterocycles. The summed E-state index contributed by atoms with van der Waals surface area (Å²) in [6.07, 6.45) is 9.62. The highest BCUT2D eigenvalue weighted by atomic mass is 28.3. The van der Waals surface area contributed by atoms with Gasteiger partial charge in [-0.1, -0.05) is 88.3 Å². The molecular weight excluding hydrogens is 308 g/mol. The van der Waals surface area contributed by atoms with Crippen molar-refractivity contribution < 1.29 is 4.74 Å². The van der Waals surface area contributed by atoms with Crippen LogP contribution in [-0.4, -0.2) is 15.2 Å². The molecule has 0 saturated carbocycles. The van der Waals surface area contributed by atoms with Crippen molar-refractivity contribution in [2.45, 2.75) is 71.9 Å². The molecule has 0 N–H and O–H groups in total. The Morgan fingerprint density at radius 2 is 1.88 bits per heavy atom. The van der Waals surface area contributed by atoms with Crippen molar-refractivity contribution >= 4 is 13.3 Å². The van der Waals surface area contributed by atoms with Gasteiger partial charge < -0.3 is 4.74 Å². The molecule has 24 heavy (non-hydrogen) atoms. The van der Waals surface area contributed by atoms with Crippen LogP contribution in [0.2, 0.25) is 13.1 Å².